The fourth-order valence-corrected chi connectivity index (χ4v) is 4.73. The molecule has 0 aliphatic heterocycles. The number of aromatic nitrogens is 3. The number of sulfonamides is 1. The number of benzene rings is 2. The minimum atomic E-state index is -3.99. The summed E-state index contributed by atoms with van der Waals surface area (Å²) in [5.41, 5.74) is 1.04. The minimum Gasteiger partial charge on any atom is -0.465 e. The molecule has 2 aromatic carbocycles. The van der Waals surface area contributed by atoms with Crippen LogP contribution in [0.2, 0.25) is 0 Å². The number of anilines is 1. The van der Waals surface area contributed by atoms with Crippen molar-refractivity contribution >= 4 is 44.5 Å². The van der Waals surface area contributed by atoms with Gasteiger partial charge in [-0.1, -0.05) is 11.8 Å². The zero-order valence-electron chi connectivity index (χ0n) is 15.5. The second-order valence-electron chi connectivity index (χ2n) is 5.98. The highest BCUT2D eigenvalue weighted by Gasteiger charge is 2.23. The molecule has 152 valence electrons. The number of ether oxygens (including phenoxy) is 1. The first-order valence-corrected chi connectivity index (χ1v) is 10.8. The van der Waals surface area contributed by atoms with Crippen molar-refractivity contribution in [1.82, 2.24) is 15.3 Å². The van der Waals surface area contributed by atoms with E-state index in [1.807, 2.05) is 12.1 Å². The maximum absolute atomic E-state index is 12.9. The average molecular weight is 442 g/mol. The van der Waals surface area contributed by atoms with Gasteiger partial charge in [0.15, 0.2) is 11.0 Å². The Kier molecular flexibility index (Phi) is 5.38. The van der Waals surface area contributed by atoms with Crippen LogP contribution >= 0.6 is 11.8 Å². The summed E-state index contributed by atoms with van der Waals surface area (Å²) in [6.45, 7) is 0. The average Bonchev–Trinajstić information content (AvgIpc) is 3.24. The molecular weight excluding hydrogens is 428 g/mol. The lowest BCUT2D eigenvalue weighted by Gasteiger charge is -2.10. The van der Waals surface area contributed by atoms with E-state index in [9.17, 15) is 13.2 Å². The highest BCUT2D eigenvalue weighted by Crippen LogP contribution is 2.34. The summed E-state index contributed by atoms with van der Waals surface area (Å²) >= 11 is 1.39. The molecule has 0 unspecified atom stereocenters. The number of rotatable bonds is 6. The van der Waals surface area contributed by atoms with Gasteiger partial charge in [0.25, 0.3) is 10.0 Å². The lowest BCUT2D eigenvalue weighted by molar-refractivity contribution is 0.0600. The Balaban J connectivity index is 1.64. The fraction of sp³-hybridized carbons (Fsp3) is 0.0526. The number of hydrogen-bond acceptors (Lipinski definition) is 9. The Bertz CT molecular complexity index is 1310. The summed E-state index contributed by atoms with van der Waals surface area (Å²) in [5, 5.41) is 7.66. The Morgan fingerprint density at radius 2 is 1.70 bits per heavy atom. The van der Waals surface area contributed by atoms with Crippen molar-refractivity contribution in [3.63, 3.8) is 0 Å². The maximum Gasteiger partial charge on any atom is 0.337 e. The topological polar surface area (TPSA) is 124 Å². The number of hydrogen-bond donors (Lipinski definition) is 1. The Labute approximate surface area is 175 Å². The van der Waals surface area contributed by atoms with Gasteiger partial charge in [-0.25, -0.2) is 17.8 Å². The zero-order chi connectivity index (χ0) is 21.1. The SMILES string of the molecule is COC(=O)c1ccc(NS(=O)(=O)c2ccc(Sc3ccncc3)c3nonc23)cc1. The molecule has 0 aliphatic carbocycles. The zero-order valence-corrected chi connectivity index (χ0v) is 17.1. The van der Waals surface area contributed by atoms with Gasteiger partial charge in [-0.2, -0.15) is 0 Å². The summed E-state index contributed by atoms with van der Waals surface area (Å²) in [5.74, 6) is -0.512. The second kappa shape index (κ2) is 8.13. The first-order chi connectivity index (χ1) is 14.5. The van der Waals surface area contributed by atoms with Crippen molar-refractivity contribution < 1.29 is 22.6 Å². The molecule has 2 heterocycles. The highest BCUT2D eigenvalue weighted by molar-refractivity contribution is 7.99. The molecule has 0 fully saturated rings. The van der Waals surface area contributed by atoms with Gasteiger partial charge in [0.05, 0.1) is 12.7 Å². The molecule has 9 nitrogen and oxygen atoms in total. The summed E-state index contributed by atoms with van der Waals surface area (Å²) in [4.78, 5) is 17.0. The molecule has 4 rings (SSSR count). The fourth-order valence-electron chi connectivity index (χ4n) is 2.66. The number of pyridine rings is 1. The Hall–Kier alpha value is -3.44. The van der Waals surface area contributed by atoms with E-state index >= 15 is 0 Å². The van der Waals surface area contributed by atoms with Gasteiger partial charge in [0.1, 0.15) is 4.90 Å². The Morgan fingerprint density at radius 1 is 1.00 bits per heavy atom. The van der Waals surface area contributed by atoms with Crippen molar-refractivity contribution in [3.8, 4) is 0 Å². The molecule has 0 radical (unpaired) electrons. The lowest BCUT2D eigenvalue weighted by atomic mass is 10.2. The molecule has 0 saturated heterocycles. The van der Waals surface area contributed by atoms with Crippen LogP contribution in [0.5, 0.6) is 0 Å². The van der Waals surface area contributed by atoms with Crippen LogP contribution in [-0.4, -0.2) is 36.8 Å². The number of carbonyl (C=O) groups excluding carboxylic acids is 1. The summed E-state index contributed by atoms with van der Waals surface area (Å²) in [7, 11) is -2.72. The molecule has 11 heteroatoms. The van der Waals surface area contributed by atoms with Crippen LogP contribution in [0.1, 0.15) is 10.4 Å². The van der Waals surface area contributed by atoms with E-state index < -0.39 is 16.0 Å². The molecule has 0 spiro atoms. The van der Waals surface area contributed by atoms with Crippen LogP contribution in [0.4, 0.5) is 5.69 Å². The standard InChI is InChI=1S/C19H14N4O5S2/c1-27-19(24)12-2-4-13(5-3-12)23-30(25,26)16-7-6-15(17-18(16)22-28-21-17)29-14-8-10-20-11-9-14/h2-11,23H,1H3. The van der Waals surface area contributed by atoms with E-state index in [4.69, 9.17) is 4.63 Å². The van der Waals surface area contributed by atoms with Gasteiger partial charge < -0.3 is 4.74 Å². The molecule has 2 aromatic heterocycles. The van der Waals surface area contributed by atoms with Gasteiger partial charge in [0, 0.05) is 27.9 Å². The summed E-state index contributed by atoms with van der Waals surface area (Å²) in [6.07, 6.45) is 3.32. The van der Waals surface area contributed by atoms with Gasteiger partial charge in [0.2, 0.25) is 0 Å². The predicted octanol–water partition coefficient (Wildman–Crippen LogP) is 3.36. The van der Waals surface area contributed by atoms with Crippen LogP contribution in [-0.2, 0) is 14.8 Å². The van der Waals surface area contributed by atoms with E-state index in [1.54, 1.807) is 18.5 Å². The smallest absolute Gasteiger partial charge is 0.337 e. The number of nitrogens with one attached hydrogen (secondary N) is 1. The van der Waals surface area contributed by atoms with Crippen LogP contribution < -0.4 is 4.72 Å². The van der Waals surface area contributed by atoms with E-state index in [2.05, 4.69) is 24.8 Å². The first kappa shape index (κ1) is 19.9. The molecule has 0 saturated carbocycles. The number of carbonyl (C=O) groups is 1. The molecular formula is C19H14N4O5S2. The van der Waals surface area contributed by atoms with Crippen molar-refractivity contribution in [3.05, 3.63) is 66.5 Å². The van der Waals surface area contributed by atoms with E-state index in [0.717, 1.165) is 4.90 Å². The highest BCUT2D eigenvalue weighted by atomic mass is 32.2. The first-order valence-electron chi connectivity index (χ1n) is 8.52. The van der Waals surface area contributed by atoms with Crippen LogP contribution in [0.25, 0.3) is 11.0 Å². The largest absolute Gasteiger partial charge is 0.465 e. The quantitative estimate of drug-likeness (QED) is 0.448. The van der Waals surface area contributed by atoms with Crippen molar-refractivity contribution in [1.29, 1.82) is 0 Å². The van der Waals surface area contributed by atoms with Gasteiger partial charge >= 0.3 is 5.97 Å². The van der Waals surface area contributed by atoms with Crippen LogP contribution in [0, 0.1) is 0 Å². The molecule has 0 amide bonds. The molecule has 0 atom stereocenters. The molecule has 1 N–H and O–H groups in total. The third-order valence-corrected chi connectivity index (χ3v) is 6.54. The van der Waals surface area contributed by atoms with Gasteiger partial charge in [-0.05, 0) is 58.8 Å². The van der Waals surface area contributed by atoms with Crippen molar-refractivity contribution in [2.45, 2.75) is 14.7 Å². The molecule has 4 aromatic rings. The molecule has 0 bridgehead atoms. The van der Waals surface area contributed by atoms with Crippen LogP contribution in [0.15, 0.2) is 80.2 Å². The third kappa shape index (κ3) is 3.98. The van der Waals surface area contributed by atoms with E-state index in [1.165, 1.54) is 49.2 Å². The normalized spacial score (nSPS) is 11.4. The van der Waals surface area contributed by atoms with Crippen molar-refractivity contribution in [2.75, 3.05) is 11.8 Å². The summed E-state index contributed by atoms with van der Waals surface area (Å²) in [6, 6.07) is 12.6. The monoisotopic (exact) mass is 442 g/mol. The minimum absolute atomic E-state index is 0.0742. The maximum atomic E-state index is 12.9. The van der Waals surface area contributed by atoms with Gasteiger partial charge in [-0.15, -0.1) is 0 Å². The number of nitrogens with zero attached hydrogens (tertiary/aromatic N) is 3. The second-order valence-corrected chi connectivity index (χ2v) is 8.75. The van der Waals surface area contributed by atoms with E-state index in [-0.39, 0.29) is 16.1 Å². The lowest BCUT2D eigenvalue weighted by Crippen LogP contribution is -2.14. The third-order valence-electron chi connectivity index (χ3n) is 4.07. The molecule has 0 aliphatic rings. The van der Waals surface area contributed by atoms with Gasteiger partial charge in [-0.3, -0.25) is 9.71 Å². The summed E-state index contributed by atoms with van der Waals surface area (Å²) < 4.78 is 37.8. The van der Waals surface area contributed by atoms with Crippen molar-refractivity contribution in [2.24, 2.45) is 0 Å². The van der Waals surface area contributed by atoms with E-state index in [0.29, 0.717) is 16.0 Å². The number of methoxy groups -OCH3 is 1. The molecule has 30 heavy (non-hydrogen) atoms. The number of esters is 1. The Morgan fingerprint density at radius 3 is 2.40 bits per heavy atom. The van der Waals surface area contributed by atoms with Crippen LogP contribution in [0.3, 0.4) is 0 Å². The predicted molar refractivity (Wildman–Crippen MR) is 109 cm³/mol. The number of fused-ring (bicyclic) bond motifs is 1.